The van der Waals surface area contributed by atoms with E-state index in [1.807, 2.05) is 0 Å². The zero-order chi connectivity index (χ0) is 28.5. The number of benzene rings is 2. The number of allylic oxidation sites excluding steroid dienone is 4. The van der Waals surface area contributed by atoms with Gasteiger partial charge in [0.1, 0.15) is 0 Å². The van der Waals surface area contributed by atoms with Gasteiger partial charge in [0.2, 0.25) is 0 Å². The van der Waals surface area contributed by atoms with E-state index in [-0.39, 0.29) is 25.0 Å². The predicted molar refractivity (Wildman–Crippen MR) is 167 cm³/mol. The molecule has 4 nitrogen and oxygen atoms in total. The summed E-state index contributed by atoms with van der Waals surface area (Å²) in [5.41, 5.74) is -1.26. The van der Waals surface area contributed by atoms with Crippen LogP contribution in [0.25, 0.3) is 0 Å². The summed E-state index contributed by atoms with van der Waals surface area (Å²) in [6.07, 6.45) is 9.94. The second-order valence-corrected chi connectivity index (χ2v) is 21.5. The fraction of sp³-hybridized carbons (Fsp3) is 0.455. The first-order valence-electron chi connectivity index (χ1n) is 14.3. The normalized spacial score (nSPS) is 19.4. The van der Waals surface area contributed by atoms with Crippen LogP contribution in [0.15, 0.2) is 85.0 Å². The summed E-state index contributed by atoms with van der Waals surface area (Å²) >= 11 is 0. The summed E-state index contributed by atoms with van der Waals surface area (Å²) < 4.78 is 10.9. The van der Waals surface area contributed by atoms with Gasteiger partial charge < -0.3 is 9.47 Å². The van der Waals surface area contributed by atoms with E-state index in [4.69, 9.17) is 9.47 Å². The van der Waals surface area contributed by atoms with Gasteiger partial charge in [-0.15, -0.1) is 0 Å². The molecule has 1 saturated carbocycles. The third-order valence-electron chi connectivity index (χ3n) is 8.18. The molecule has 2 atom stereocenters. The summed E-state index contributed by atoms with van der Waals surface area (Å²) in [5.74, 6) is -0.763. The van der Waals surface area contributed by atoms with Gasteiger partial charge in [0.25, 0.3) is 0 Å². The van der Waals surface area contributed by atoms with Crippen molar-refractivity contribution < 1.29 is 19.1 Å². The third kappa shape index (κ3) is 7.70. The quantitative estimate of drug-likeness (QED) is 0.129. The molecule has 0 aliphatic heterocycles. The summed E-state index contributed by atoms with van der Waals surface area (Å²) in [6, 6.07) is 23.5. The van der Waals surface area contributed by atoms with E-state index in [1.165, 1.54) is 10.4 Å². The van der Waals surface area contributed by atoms with Crippen molar-refractivity contribution in [1.82, 2.24) is 0 Å². The fourth-order valence-corrected chi connectivity index (χ4v) is 9.77. The Balaban J connectivity index is 1.87. The molecule has 2 unspecified atom stereocenters. The maximum absolute atomic E-state index is 13.3. The van der Waals surface area contributed by atoms with Gasteiger partial charge in [0.05, 0.1) is 29.4 Å². The molecule has 210 valence electrons. The largest absolute Gasteiger partial charge is 0.465 e. The lowest BCUT2D eigenvalue weighted by atomic mass is 9.84. The smallest absolute Gasteiger partial charge is 0.323 e. The van der Waals surface area contributed by atoms with Crippen molar-refractivity contribution in [3.8, 4) is 0 Å². The van der Waals surface area contributed by atoms with Crippen LogP contribution in [-0.4, -0.2) is 41.3 Å². The van der Waals surface area contributed by atoms with Gasteiger partial charge in [-0.2, -0.15) is 0 Å². The summed E-state index contributed by atoms with van der Waals surface area (Å²) in [7, 11) is -3.30. The molecule has 1 aliphatic rings. The van der Waals surface area contributed by atoms with E-state index in [1.54, 1.807) is 13.8 Å². The minimum atomic E-state index is -1.65. The summed E-state index contributed by atoms with van der Waals surface area (Å²) in [5, 5.41) is 2.86. The molecule has 0 amide bonds. The minimum Gasteiger partial charge on any atom is -0.465 e. The molecule has 39 heavy (non-hydrogen) atoms. The van der Waals surface area contributed by atoms with Crippen LogP contribution in [0, 0.1) is 17.3 Å². The maximum Gasteiger partial charge on any atom is 0.323 e. The van der Waals surface area contributed by atoms with E-state index in [0.717, 1.165) is 12.1 Å². The van der Waals surface area contributed by atoms with Crippen LogP contribution in [0.1, 0.15) is 26.7 Å². The van der Waals surface area contributed by atoms with Crippen molar-refractivity contribution >= 4 is 38.5 Å². The number of hydrogen-bond acceptors (Lipinski definition) is 4. The van der Waals surface area contributed by atoms with Crippen molar-refractivity contribution in [1.29, 1.82) is 0 Å². The lowest BCUT2D eigenvalue weighted by Gasteiger charge is -2.24. The summed E-state index contributed by atoms with van der Waals surface area (Å²) in [6.45, 7) is 13.6. The highest BCUT2D eigenvalue weighted by molar-refractivity contribution is 6.90. The lowest BCUT2D eigenvalue weighted by molar-refractivity contribution is -0.171. The first kappa shape index (κ1) is 30.8. The lowest BCUT2D eigenvalue weighted by Crippen LogP contribution is -2.40. The first-order valence-corrected chi connectivity index (χ1v) is 20.8. The molecule has 2 aromatic carbocycles. The van der Waals surface area contributed by atoms with Crippen molar-refractivity contribution in [2.45, 2.75) is 65.0 Å². The SMILES string of the molecule is CCOC(=O)C1(C(=O)OCC)CC(/C=C/C[Si](C)(C)c2ccccc2)C(/C=C/C[Si](C)(C)c2ccccc2)C1. The Morgan fingerprint density at radius 2 is 1.08 bits per heavy atom. The molecular weight excluding hydrogens is 517 g/mol. The molecule has 1 fully saturated rings. The van der Waals surface area contributed by atoms with Crippen LogP contribution in [0.5, 0.6) is 0 Å². The Hall–Kier alpha value is -2.71. The molecule has 0 heterocycles. The van der Waals surface area contributed by atoms with Crippen LogP contribution >= 0.6 is 0 Å². The van der Waals surface area contributed by atoms with E-state index in [2.05, 4.69) is 111 Å². The number of carbonyl (C=O) groups excluding carboxylic acids is 2. The first-order chi connectivity index (χ1) is 18.6. The van der Waals surface area contributed by atoms with Crippen LogP contribution in [-0.2, 0) is 19.1 Å². The Morgan fingerprint density at radius 1 is 0.718 bits per heavy atom. The Labute approximate surface area is 237 Å². The Morgan fingerprint density at radius 3 is 1.41 bits per heavy atom. The van der Waals surface area contributed by atoms with E-state index >= 15 is 0 Å². The summed E-state index contributed by atoms with van der Waals surface area (Å²) in [4.78, 5) is 26.5. The second kappa shape index (κ2) is 13.6. The van der Waals surface area contributed by atoms with Crippen molar-refractivity contribution in [3.63, 3.8) is 0 Å². The van der Waals surface area contributed by atoms with Crippen LogP contribution in [0.2, 0.25) is 38.3 Å². The topological polar surface area (TPSA) is 52.6 Å². The maximum atomic E-state index is 13.3. The molecule has 6 heteroatoms. The van der Waals surface area contributed by atoms with Crippen molar-refractivity contribution in [2.24, 2.45) is 17.3 Å². The van der Waals surface area contributed by atoms with E-state index < -0.39 is 33.5 Å². The minimum absolute atomic E-state index is 0.0668. The zero-order valence-electron chi connectivity index (χ0n) is 24.6. The van der Waals surface area contributed by atoms with Gasteiger partial charge in [-0.3, -0.25) is 9.59 Å². The zero-order valence-corrected chi connectivity index (χ0v) is 26.6. The number of ether oxygens (including phenoxy) is 2. The van der Waals surface area contributed by atoms with Crippen LogP contribution < -0.4 is 10.4 Å². The highest BCUT2D eigenvalue weighted by Crippen LogP contribution is 2.49. The monoisotopic (exact) mass is 562 g/mol. The Kier molecular flexibility index (Phi) is 10.7. The van der Waals surface area contributed by atoms with Gasteiger partial charge in [-0.1, -0.05) is 122 Å². The van der Waals surface area contributed by atoms with Gasteiger partial charge >= 0.3 is 11.9 Å². The molecule has 3 rings (SSSR count). The number of rotatable bonds is 12. The van der Waals surface area contributed by atoms with Gasteiger partial charge in [0.15, 0.2) is 5.41 Å². The van der Waals surface area contributed by atoms with E-state index in [0.29, 0.717) is 12.8 Å². The van der Waals surface area contributed by atoms with Crippen molar-refractivity contribution in [2.75, 3.05) is 13.2 Å². The number of esters is 2. The molecule has 0 saturated heterocycles. The van der Waals surface area contributed by atoms with Gasteiger partial charge in [-0.25, -0.2) is 0 Å². The van der Waals surface area contributed by atoms with Gasteiger partial charge in [0, 0.05) is 0 Å². The molecule has 0 bridgehead atoms. The van der Waals surface area contributed by atoms with Crippen LogP contribution in [0.3, 0.4) is 0 Å². The highest BCUT2D eigenvalue weighted by Gasteiger charge is 2.56. The molecule has 0 N–H and O–H groups in total. The molecule has 0 radical (unpaired) electrons. The number of carbonyl (C=O) groups is 2. The fourth-order valence-electron chi connectivity index (χ4n) is 5.66. The number of hydrogen-bond donors (Lipinski definition) is 0. The molecule has 1 aliphatic carbocycles. The molecule has 0 spiro atoms. The molecule has 2 aromatic rings. The standard InChI is InChI=1S/C33H46O4Si2/c1-7-36-31(34)33(32(35)37-8-2)25-27(17-15-23-38(3,4)29-19-11-9-12-20-29)28(26-33)18-16-24-39(5,6)30-21-13-10-14-22-30/h9-22,27-28H,7-8,23-26H2,1-6H3/b17-15+,18-16+. The average Bonchev–Trinajstić information content (AvgIpc) is 3.29. The van der Waals surface area contributed by atoms with E-state index in [9.17, 15) is 9.59 Å². The molecular formula is C33H46O4Si2. The second-order valence-electron chi connectivity index (χ2n) is 12.0. The average molecular weight is 563 g/mol. The van der Waals surface area contributed by atoms with Crippen LogP contribution in [0.4, 0.5) is 0 Å². The van der Waals surface area contributed by atoms with Gasteiger partial charge in [-0.05, 0) is 50.6 Å². The Bertz CT molecular complexity index is 1050. The molecule has 0 aromatic heterocycles. The predicted octanol–water partition coefficient (Wildman–Crippen LogP) is 6.47. The third-order valence-corrected chi connectivity index (χ3v) is 14.5. The van der Waals surface area contributed by atoms with Crippen molar-refractivity contribution in [3.05, 3.63) is 85.0 Å². The highest BCUT2D eigenvalue weighted by atomic mass is 28.3.